The van der Waals surface area contributed by atoms with Gasteiger partial charge in [-0.05, 0) is 10.9 Å². The van der Waals surface area contributed by atoms with E-state index in [1.807, 2.05) is 12.5 Å². The van der Waals surface area contributed by atoms with Crippen molar-refractivity contribution in [1.82, 2.24) is 0 Å². The molecular formula is C5H9BrO3S. The zero-order valence-electron chi connectivity index (χ0n) is 5.76. The average molecular weight is 229 g/mol. The maximum absolute atomic E-state index is 10.4. The van der Waals surface area contributed by atoms with Gasteiger partial charge in [0.25, 0.3) is 5.78 Å². The van der Waals surface area contributed by atoms with Gasteiger partial charge in [-0.25, -0.2) is 4.79 Å². The second-order valence-electron chi connectivity index (χ2n) is 1.86. The number of hydrogen-bond donors (Lipinski definition) is 1. The standard InChI is InChI=1S/C5H8O3S.BrH/c1-9(2)3-4(6)5(7)8;/h3H2,1-2H3;1H. The fourth-order valence-corrected chi connectivity index (χ4v) is 0.972. The summed E-state index contributed by atoms with van der Waals surface area (Å²) in [5.74, 6) is -1.85. The van der Waals surface area contributed by atoms with Crippen LogP contribution in [0.15, 0.2) is 0 Å². The van der Waals surface area contributed by atoms with Crippen molar-refractivity contribution in [2.45, 2.75) is 0 Å². The third kappa shape index (κ3) is 6.10. The summed E-state index contributed by atoms with van der Waals surface area (Å²) in [5, 5.41) is 8.09. The van der Waals surface area contributed by atoms with Crippen molar-refractivity contribution in [3.63, 3.8) is 0 Å². The largest absolute Gasteiger partial charge is 1.00 e. The summed E-state index contributed by atoms with van der Waals surface area (Å²) in [7, 11) is -0.0966. The highest BCUT2D eigenvalue weighted by molar-refractivity contribution is 7.96. The second kappa shape index (κ2) is 5.73. The number of halogens is 1. The number of aliphatic carboxylic acids is 1. The van der Waals surface area contributed by atoms with Gasteiger partial charge in [0.15, 0.2) is 5.75 Å². The van der Waals surface area contributed by atoms with Crippen LogP contribution in [0.3, 0.4) is 0 Å². The van der Waals surface area contributed by atoms with Gasteiger partial charge in [-0.1, -0.05) is 0 Å². The summed E-state index contributed by atoms with van der Waals surface area (Å²) < 4.78 is 0. The molecule has 0 aliphatic rings. The molecule has 60 valence electrons. The summed E-state index contributed by atoms with van der Waals surface area (Å²) in [6, 6.07) is 0. The molecule has 0 aromatic heterocycles. The van der Waals surface area contributed by atoms with E-state index in [4.69, 9.17) is 5.11 Å². The van der Waals surface area contributed by atoms with Gasteiger partial charge < -0.3 is 22.1 Å². The van der Waals surface area contributed by atoms with Crippen molar-refractivity contribution < 1.29 is 31.7 Å². The Morgan fingerprint density at radius 2 is 1.80 bits per heavy atom. The molecule has 0 aliphatic carbocycles. The maximum atomic E-state index is 10.4. The molecule has 0 bridgehead atoms. The molecule has 3 nitrogen and oxygen atoms in total. The van der Waals surface area contributed by atoms with E-state index < -0.39 is 11.8 Å². The molecule has 0 fully saturated rings. The Morgan fingerprint density at radius 1 is 1.40 bits per heavy atom. The van der Waals surface area contributed by atoms with Gasteiger partial charge >= 0.3 is 5.97 Å². The normalized spacial score (nSPS) is 8.70. The van der Waals surface area contributed by atoms with Crippen LogP contribution in [0.5, 0.6) is 0 Å². The molecule has 5 heteroatoms. The van der Waals surface area contributed by atoms with Crippen LogP contribution in [0.1, 0.15) is 0 Å². The Balaban J connectivity index is 0. The van der Waals surface area contributed by atoms with Crippen LogP contribution in [-0.4, -0.2) is 35.1 Å². The van der Waals surface area contributed by atoms with Gasteiger partial charge in [-0.3, -0.25) is 4.79 Å². The van der Waals surface area contributed by atoms with Crippen molar-refractivity contribution >= 4 is 22.6 Å². The molecule has 0 rings (SSSR count). The molecule has 10 heavy (non-hydrogen) atoms. The summed E-state index contributed by atoms with van der Waals surface area (Å²) in [4.78, 5) is 20.3. The lowest BCUT2D eigenvalue weighted by Gasteiger charge is -1.89. The van der Waals surface area contributed by atoms with Crippen LogP contribution in [0.25, 0.3) is 0 Å². The molecule has 0 atom stereocenters. The lowest BCUT2D eigenvalue weighted by molar-refractivity contribution is -0.147. The molecule has 0 saturated carbocycles. The Labute approximate surface area is 72.9 Å². The first kappa shape index (κ1) is 12.6. The van der Waals surface area contributed by atoms with E-state index >= 15 is 0 Å². The quantitative estimate of drug-likeness (QED) is 0.404. The number of carbonyl (C=O) groups is 2. The third-order valence-electron chi connectivity index (χ3n) is 0.658. The van der Waals surface area contributed by atoms with Crippen molar-refractivity contribution in [2.75, 3.05) is 18.3 Å². The molecule has 0 amide bonds. The van der Waals surface area contributed by atoms with Crippen LogP contribution in [0.4, 0.5) is 0 Å². The van der Waals surface area contributed by atoms with Crippen LogP contribution >= 0.6 is 0 Å². The van der Waals surface area contributed by atoms with E-state index in [1.165, 1.54) is 0 Å². The van der Waals surface area contributed by atoms with Gasteiger partial charge in [0.05, 0.1) is 12.5 Å². The van der Waals surface area contributed by atoms with Crippen molar-refractivity contribution in [2.24, 2.45) is 0 Å². The fraction of sp³-hybridized carbons (Fsp3) is 0.600. The first-order valence-electron chi connectivity index (χ1n) is 2.34. The van der Waals surface area contributed by atoms with Crippen LogP contribution < -0.4 is 17.0 Å². The topological polar surface area (TPSA) is 54.4 Å². The van der Waals surface area contributed by atoms with Crippen molar-refractivity contribution in [3.8, 4) is 0 Å². The van der Waals surface area contributed by atoms with Gasteiger partial charge in [0.2, 0.25) is 0 Å². The second-order valence-corrected chi connectivity index (χ2v) is 4.12. The lowest BCUT2D eigenvalue weighted by atomic mass is 10.5. The third-order valence-corrected chi connectivity index (χ3v) is 1.50. The molecule has 0 heterocycles. The average Bonchev–Trinajstić information content (AvgIpc) is 1.63. The summed E-state index contributed by atoms with van der Waals surface area (Å²) in [6.07, 6.45) is 3.67. The Kier molecular flexibility index (Phi) is 7.24. The first-order chi connectivity index (χ1) is 4.04. The highest BCUT2D eigenvalue weighted by atomic mass is 79.9. The minimum absolute atomic E-state index is 0. The van der Waals surface area contributed by atoms with E-state index in [-0.39, 0.29) is 33.6 Å². The van der Waals surface area contributed by atoms with Gasteiger partial charge in [-0.2, -0.15) is 0 Å². The fourth-order valence-electron chi connectivity index (χ4n) is 0.324. The molecule has 0 aliphatic heterocycles. The summed E-state index contributed by atoms with van der Waals surface area (Å²) in [5.41, 5.74) is 0. The smallest absolute Gasteiger partial charge is 0.377 e. The predicted molar refractivity (Wildman–Crippen MR) is 36.7 cm³/mol. The zero-order chi connectivity index (χ0) is 7.44. The molecule has 0 aromatic rings. The Bertz CT molecular complexity index is 135. The van der Waals surface area contributed by atoms with Crippen LogP contribution in [-0.2, 0) is 20.5 Å². The van der Waals surface area contributed by atoms with Crippen molar-refractivity contribution in [1.29, 1.82) is 0 Å². The molecule has 0 aromatic carbocycles. The Hall–Kier alpha value is -0.0300. The zero-order valence-corrected chi connectivity index (χ0v) is 8.16. The molecule has 0 saturated heterocycles. The van der Waals surface area contributed by atoms with E-state index in [2.05, 4.69) is 0 Å². The van der Waals surface area contributed by atoms with E-state index in [1.54, 1.807) is 0 Å². The van der Waals surface area contributed by atoms with E-state index in [0.29, 0.717) is 0 Å². The number of carbonyl (C=O) groups excluding carboxylic acids is 1. The highest BCUT2D eigenvalue weighted by Crippen LogP contribution is 1.84. The minimum atomic E-state index is -1.32. The van der Waals surface area contributed by atoms with Crippen molar-refractivity contribution in [3.05, 3.63) is 0 Å². The SMILES string of the molecule is C[S+](C)CC(=O)C(=O)O.[Br-]. The summed E-state index contributed by atoms with van der Waals surface area (Å²) >= 11 is 0. The molecule has 0 unspecified atom stereocenters. The summed E-state index contributed by atoms with van der Waals surface area (Å²) in [6.45, 7) is 0. The van der Waals surface area contributed by atoms with Crippen LogP contribution in [0, 0.1) is 0 Å². The highest BCUT2D eigenvalue weighted by Gasteiger charge is 2.18. The number of ketones is 1. The maximum Gasteiger partial charge on any atom is 0.377 e. The molecule has 0 spiro atoms. The number of carboxylic acids is 1. The lowest BCUT2D eigenvalue weighted by Crippen LogP contribution is -3.00. The first-order valence-corrected chi connectivity index (χ1v) is 4.55. The van der Waals surface area contributed by atoms with E-state index in [0.717, 1.165) is 0 Å². The van der Waals surface area contributed by atoms with E-state index in [9.17, 15) is 9.59 Å². The number of rotatable bonds is 3. The number of carboxylic acid groups (broad SMARTS) is 1. The predicted octanol–water partition coefficient (Wildman–Crippen LogP) is -3.48. The number of Topliss-reactive ketones (excluding diaryl/α,β-unsaturated/α-hetero) is 1. The number of hydrogen-bond acceptors (Lipinski definition) is 2. The molecular weight excluding hydrogens is 220 g/mol. The monoisotopic (exact) mass is 228 g/mol. The Morgan fingerprint density at radius 3 is 1.90 bits per heavy atom. The van der Waals surface area contributed by atoms with Gasteiger partial charge in [-0.15, -0.1) is 0 Å². The molecule has 1 N–H and O–H groups in total. The van der Waals surface area contributed by atoms with Gasteiger partial charge in [0, 0.05) is 0 Å². The van der Waals surface area contributed by atoms with Crippen LogP contribution in [0.2, 0.25) is 0 Å². The van der Waals surface area contributed by atoms with Gasteiger partial charge in [0.1, 0.15) is 0 Å². The minimum Gasteiger partial charge on any atom is -1.00 e. The molecule has 0 radical (unpaired) electrons.